The first kappa shape index (κ1) is 15.0. The Morgan fingerprint density at radius 2 is 2.11 bits per heavy atom. The van der Waals surface area contributed by atoms with E-state index in [2.05, 4.69) is 10.3 Å². The third-order valence-corrected chi connectivity index (χ3v) is 3.11. The van der Waals surface area contributed by atoms with Crippen molar-refractivity contribution in [1.29, 1.82) is 0 Å². The summed E-state index contributed by atoms with van der Waals surface area (Å²) in [7, 11) is 0. The van der Waals surface area contributed by atoms with Crippen LogP contribution < -0.4 is 11.1 Å². The number of rotatable bonds is 3. The lowest BCUT2D eigenvalue weighted by molar-refractivity contribution is 0.0409. The summed E-state index contributed by atoms with van der Waals surface area (Å²) < 4.78 is 0. The van der Waals surface area contributed by atoms with Crippen LogP contribution in [0.25, 0.3) is 0 Å². The Balaban J connectivity index is 2.99. The molecule has 0 aliphatic heterocycles. The van der Waals surface area contributed by atoms with Gasteiger partial charge in [-0.2, -0.15) is 0 Å². The molecule has 1 aromatic heterocycles. The Labute approximate surface area is 115 Å². The van der Waals surface area contributed by atoms with Crippen LogP contribution in [-0.2, 0) is 0 Å². The summed E-state index contributed by atoms with van der Waals surface area (Å²) in [5, 5.41) is 12.4. The molecule has 0 fully saturated rings. The quantitative estimate of drug-likeness (QED) is 0.742. The summed E-state index contributed by atoms with van der Waals surface area (Å²) in [4.78, 5) is 15.7. The standard InChI is InChI=1S/C11H15Cl2N3O2/c1-5(11(2,3)18)15-10(17)6-4-7(12)16-9(13)8(6)14/h4-5,18H,14H2,1-3H3,(H,15,17)/t5-/m1/s1. The second-order valence-corrected chi connectivity index (χ2v) is 5.29. The fourth-order valence-corrected chi connectivity index (χ4v) is 1.56. The van der Waals surface area contributed by atoms with Crippen LogP contribution in [0.4, 0.5) is 5.69 Å². The summed E-state index contributed by atoms with van der Waals surface area (Å²) in [5.74, 6) is -0.465. The normalized spacial score (nSPS) is 13.2. The van der Waals surface area contributed by atoms with Gasteiger partial charge in [-0.3, -0.25) is 4.79 Å². The average Bonchev–Trinajstić information content (AvgIpc) is 2.21. The summed E-state index contributed by atoms with van der Waals surface area (Å²) in [6, 6.07) is 0.866. The minimum atomic E-state index is -1.05. The van der Waals surface area contributed by atoms with Crippen LogP contribution in [0.15, 0.2) is 6.07 Å². The topological polar surface area (TPSA) is 88.2 Å². The highest BCUT2D eigenvalue weighted by atomic mass is 35.5. The molecule has 1 amide bonds. The molecule has 1 atom stereocenters. The summed E-state index contributed by atoms with van der Waals surface area (Å²) in [6.45, 7) is 4.86. The maximum absolute atomic E-state index is 12.0. The van der Waals surface area contributed by atoms with Crippen molar-refractivity contribution >= 4 is 34.8 Å². The van der Waals surface area contributed by atoms with Gasteiger partial charge in [0, 0.05) is 0 Å². The number of hydrogen-bond acceptors (Lipinski definition) is 4. The van der Waals surface area contributed by atoms with Crippen molar-refractivity contribution in [2.75, 3.05) is 5.73 Å². The number of nitrogens with zero attached hydrogens (tertiary/aromatic N) is 1. The second-order valence-electron chi connectivity index (χ2n) is 4.55. The van der Waals surface area contributed by atoms with E-state index in [0.29, 0.717) is 0 Å². The van der Waals surface area contributed by atoms with E-state index in [0.717, 1.165) is 0 Å². The molecule has 0 spiro atoms. The van der Waals surface area contributed by atoms with Crippen LogP contribution in [0, 0.1) is 0 Å². The number of aromatic nitrogens is 1. The number of carbonyl (C=O) groups excluding carboxylic acids is 1. The fraction of sp³-hybridized carbons (Fsp3) is 0.455. The maximum Gasteiger partial charge on any atom is 0.253 e. The Morgan fingerprint density at radius 3 is 2.61 bits per heavy atom. The Bertz CT molecular complexity index is 472. The summed E-state index contributed by atoms with van der Waals surface area (Å²) in [5.41, 5.74) is 4.80. The van der Waals surface area contributed by atoms with Gasteiger partial charge in [-0.1, -0.05) is 23.2 Å². The highest BCUT2D eigenvalue weighted by Crippen LogP contribution is 2.24. The summed E-state index contributed by atoms with van der Waals surface area (Å²) >= 11 is 11.5. The lowest BCUT2D eigenvalue weighted by Gasteiger charge is -2.26. The molecule has 0 saturated heterocycles. The summed E-state index contributed by atoms with van der Waals surface area (Å²) in [6.07, 6.45) is 0. The van der Waals surface area contributed by atoms with E-state index in [9.17, 15) is 9.90 Å². The van der Waals surface area contributed by atoms with Crippen LogP contribution in [0.5, 0.6) is 0 Å². The minimum Gasteiger partial charge on any atom is -0.396 e. The van der Waals surface area contributed by atoms with Crippen LogP contribution in [0.1, 0.15) is 31.1 Å². The third-order valence-electron chi connectivity index (χ3n) is 2.63. The van der Waals surface area contributed by atoms with Crippen LogP contribution >= 0.6 is 23.2 Å². The number of pyridine rings is 1. The molecule has 7 heteroatoms. The van der Waals surface area contributed by atoms with E-state index >= 15 is 0 Å². The molecule has 1 rings (SSSR count). The Hall–Kier alpha value is -1.04. The van der Waals surface area contributed by atoms with Gasteiger partial charge in [0.15, 0.2) is 5.15 Å². The number of nitrogens with one attached hydrogen (secondary N) is 1. The minimum absolute atomic E-state index is 0.0245. The van der Waals surface area contributed by atoms with Crippen molar-refractivity contribution in [3.8, 4) is 0 Å². The molecule has 0 bridgehead atoms. The van der Waals surface area contributed by atoms with Crippen molar-refractivity contribution in [3.63, 3.8) is 0 Å². The number of nitrogens with two attached hydrogens (primary N) is 1. The van der Waals surface area contributed by atoms with Gasteiger partial charge in [0.2, 0.25) is 0 Å². The van der Waals surface area contributed by atoms with E-state index in [1.165, 1.54) is 6.07 Å². The van der Waals surface area contributed by atoms with Crippen molar-refractivity contribution in [1.82, 2.24) is 10.3 Å². The largest absolute Gasteiger partial charge is 0.396 e. The molecule has 1 aromatic rings. The zero-order valence-electron chi connectivity index (χ0n) is 10.3. The van der Waals surface area contributed by atoms with Gasteiger partial charge in [0.25, 0.3) is 5.91 Å². The van der Waals surface area contributed by atoms with Gasteiger partial charge in [-0.15, -0.1) is 0 Å². The van der Waals surface area contributed by atoms with E-state index in [-0.39, 0.29) is 21.6 Å². The average molecular weight is 292 g/mol. The van der Waals surface area contributed by atoms with E-state index in [1.54, 1.807) is 20.8 Å². The van der Waals surface area contributed by atoms with E-state index < -0.39 is 17.6 Å². The first-order valence-electron chi connectivity index (χ1n) is 5.27. The van der Waals surface area contributed by atoms with Crippen LogP contribution in [0.3, 0.4) is 0 Å². The monoisotopic (exact) mass is 291 g/mol. The van der Waals surface area contributed by atoms with Crippen LogP contribution in [0.2, 0.25) is 10.3 Å². The molecular weight excluding hydrogens is 277 g/mol. The molecule has 100 valence electrons. The van der Waals surface area contributed by atoms with Crippen molar-refractivity contribution < 1.29 is 9.90 Å². The number of anilines is 1. The number of hydrogen-bond donors (Lipinski definition) is 3. The first-order valence-corrected chi connectivity index (χ1v) is 6.03. The van der Waals surface area contributed by atoms with Gasteiger partial charge in [0.1, 0.15) is 5.15 Å². The molecular formula is C11H15Cl2N3O2. The van der Waals surface area contributed by atoms with Crippen LogP contribution in [-0.4, -0.2) is 27.6 Å². The molecule has 4 N–H and O–H groups in total. The van der Waals surface area contributed by atoms with E-state index in [1.807, 2.05) is 0 Å². The predicted molar refractivity (Wildman–Crippen MR) is 71.9 cm³/mol. The van der Waals surface area contributed by atoms with Crippen molar-refractivity contribution in [2.45, 2.75) is 32.4 Å². The first-order chi connectivity index (χ1) is 8.12. The number of aliphatic hydroxyl groups is 1. The fourth-order valence-electron chi connectivity index (χ4n) is 1.13. The number of carbonyl (C=O) groups is 1. The Morgan fingerprint density at radius 1 is 1.56 bits per heavy atom. The molecule has 0 aromatic carbocycles. The highest BCUT2D eigenvalue weighted by molar-refractivity contribution is 6.35. The number of halogens is 2. The number of amides is 1. The van der Waals surface area contributed by atoms with Crippen molar-refractivity contribution in [3.05, 3.63) is 21.9 Å². The lowest BCUT2D eigenvalue weighted by Crippen LogP contribution is -2.47. The smallest absolute Gasteiger partial charge is 0.253 e. The molecule has 0 radical (unpaired) electrons. The zero-order valence-corrected chi connectivity index (χ0v) is 11.8. The number of nitrogen functional groups attached to an aromatic ring is 1. The van der Waals surface area contributed by atoms with Gasteiger partial charge >= 0.3 is 0 Å². The molecule has 0 aliphatic rings. The third kappa shape index (κ3) is 3.48. The molecule has 18 heavy (non-hydrogen) atoms. The maximum atomic E-state index is 12.0. The molecule has 0 unspecified atom stereocenters. The molecule has 5 nitrogen and oxygen atoms in total. The SMILES string of the molecule is C[C@@H](NC(=O)c1cc(Cl)nc(Cl)c1N)C(C)(C)O. The molecule has 0 saturated carbocycles. The second kappa shape index (κ2) is 5.30. The van der Waals surface area contributed by atoms with E-state index in [4.69, 9.17) is 28.9 Å². The van der Waals surface area contributed by atoms with Gasteiger partial charge in [-0.05, 0) is 26.8 Å². The molecule has 0 aliphatic carbocycles. The Kier molecular flexibility index (Phi) is 4.42. The zero-order chi connectivity index (χ0) is 14.1. The lowest BCUT2D eigenvalue weighted by atomic mass is 10.0. The van der Waals surface area contributed by atoms with Gasteiger partial charge < -0.3 is 16.2 Å². The van der Waals surface area contributed by atoms with Gasteiger partial charge in [0.05, 0.1) is 22.9 Å². The molecule has 1 heterocycles. The van der Waals surface area contributed by atoms with Gasteiger partial charge in [-0.25, -0.2) is 4.98 Å². The van der Waals surface area contributed by atoms with Crippen molar-refractivity contribution in [2.24, 2.45) is 0 Å². The predicted octanol–water partition coefficient (Wildman–Crippen LogP) is 1.86. The highest BCUT2D eigenvalue weighted by Gasteiger charge is 2.25.